The highest BCUT2D eigenvalue weighted by Gasteiger charge is 2.29. The van der Waals surface area contributed by atoms with E-state index in [1.807, 2.05) is 19.0 Å². The summed E-state index contributed by atoms with van der Waals surface area (Å²) in [5, 5.41) is 0. The van der Waals surface area contributed by atoms with Crippen LogP contribution in [-0.4, -0.2) is 48.9 Å². The van der Waals surface area contributed by atoms with Crippen molar-refractivity contribution >= 4 is 11.6 Å². The molecule has 1 aromatic rings. The Morgan fingerprint density at radius 3 is 2.63 bits per heavy atom. The van der Waals surface area contributed by atoms with E-state index in [1.54, 1.807) is 4.90 Å². The molecule has 19 heavy (non-hydrogen) atoms. The molecule has 1 unspecified atom stereocenters. The second-order valence-corrected chi connectivity index (χ2v) is 5.01. The summed E-state index contributed by atoms with van der Waals surface area (Å²) in [5.41, 5.74) is 5.00. The molecule has 2 N–H and O–H groups in total. The van der Waals surface area contributed by atoms with Crippen LogP contribution in [0.5, 0.6) is 0 Å². The number of likely N-dealkylation sites (tertiary alicyclic amines) is 1. The lowest BCUT2D eigenvalue weighted by Crippen LogP contribution is -2.34. The number of likely N-dealkylation sites (N-methyl/N-ethyl adjacent to an activating group) is 1. The lowest BCUT2D eigenvalue weighted by molar-refractivity contribution is 0.0778. The maximum absolute atomic E-state index is 13.6. The summed E-state index contributed by atoms with van der Waals surface area (Å²) in [6.07, 6.45) is 0.844. The molecular weight excluding hydrogens is 252 g/mol. The van der Waals surface area contributed by atoms with Crippen molar-refractivity contribution < 1.29 is 13.6 Å². The third kappa shape index (κ3) is 2.68. The third-order valence-corrected chi connectivity index (χ3v) is 3.50. The van der Waals surface area contributed by atoms with Crippen molar-refractivity contribution in [3.63, 3.8) is 0 Å². The van der Waals surface area contributed by atoms with Gasteiger partial charge in [0, 0.05) is 25.2 Å². The molecule has 6 heteroatoms. The van der Waals surface area contributed by atoms with Crippen LogP contribution >= 0.6 is 0 Å². The standard InChI is InChI=1S/C13H17F2N3O/c1-17(2)8-3-4-18(7-8)13(19)9-5-12(16)11(15)6-10(9)14/h5-6,8H,3-4,7,16H2,1-2H3. The summed E-state index contributed by atoms with van der Waals surface area (Å²) in [5.74, 6) is -2.15. The largest absolute Gasteiger partial charge is 0.396 e. The second kappa shape index (κ2) is 5.13. The van der Waals surface area contributed by atoms with Crippen LogP contribution in [0.4, 0.5) is 14.5 Å². The molecule has 0 spiro atoms. The monoisotopic (exact) mass is 269 g/mol. The van der Waals surface area contributed by atoms with Crippen LogP contribution in [0.15, 0.2) is 12.1 Å². The Bertz CT molecular complexity index is 505. The van der Waals surface area contributed by atoms with Crippen molar-refractivity contribution in [2.24, 2.45) is 0 Å². The van der Waals surface area contributed by atoms with Crippen LogP contribution in [0.3, 0.4) is 0 Å². The minimum Gasteiger partial charge on any atom is -0.396 e. The molecule has 1 amide bonds. The van der Waals surface area contributed by atoms with Crippen molar-refractivity contribution in [1.82, 2.24) is 9.80 Å². The van der Waals surface area contributed by atoms with Crippen LogP contribution in [-0.2, 0) is 0 Å². The Hall–Kier alpha value is -1.69. The molecule has 1 saturated heterocycles. The molecule has 4 nitrogen and oxygen atoms in total. The molecule has 0 bridgehead atoms. The lowest BCUT2D eigenvalue weighted by atomic mass is 10.1. The van der Waals surface area contributed by atoms with E-state index in [4.69, 9.17) is 5.73 Å². The molecule has 0 aliphatic carbocycles. The molecule has 1 atom stereocenters. The number of rotatable bonds is 2. The SMILES string of the molecule is CN(C)C1CCN(C(=O)c2cc(N)c(F)cc2F)C1. The quantitative estimate of drug-likeness (QED) is 0.824. The van der Waals surface area contributed by atoms with Gasteiger partial charge in [0.05, 0.1) is 11.3 Å². The van der Waals surface area contributed by atoms with Gasteiger partial charge in [-0.3, -0.25) is 4.79 Å². The molecule has 0 radical (unpaired) electrons. The van der Waals surface area contributed by atoms with Gasteiger partial charge in [-0.25, -0.2) is 8.78 Å². The summed E-state index contributed by atoms with van der Waals surface area (Å²) in [6, 6.07) is 1.99. The van der Waals surface area contributed by atoms with Gasteiger partial charge >= 0.3 is 0 Å². The van der Waals surface area contributed by atoms with Crippen LogP contribution in [0.25, 0.3) is 0 Å². The molecule has 1 aliphatic heterocycles. The van der Waals surface area contributed by atoms with Gasteiger partial charge in [-0.15, -0.1) is 0 Å². The third-order valence-electron chi connectivity index (χ3n) is 3.50. The number of nitrogens with two attached hydrogens (primary N) is 1. The first kappa shape index (κ1) is 13.7. The summed E-state index contributed by atoms with van der Waals surface area (Å²) < 4.78 is 26.7. The number of nitrogen functional groups attached to an aromatic ring is 1. The maximum Gasteiger partial charge on any atom is 0.256 e. The van der Waals surface area contributed by atoms with E-state index >= 15 is 0 Å². The van der Waals surface area contributed by atoms with Gasteiger partial charge in [-0.1, -0.05) is 0 Å². The molecule has 1 aliphatic rings. The topological polar surface area (TPSA) is 49.6 Å². The molecular formula is C13H17F2N3O. The zero-order valence-electron chi connectivity index (χ0n) is 11.0. The lowest BCUT2D eigenvalue weighted by Gasteiger charge is -2.20. The van der Waals surface area contributed by atoms with Crippen molar-refractivity contribution in [1.29, 1.82) is 0 Å². The van der Waals surface area contributed by atoms with E-state index in [2.05, 4.69) is 0 Å². The predicted octanol–water partition coefficient (Wildman–Crippen LogP) is 1.32. The number of nitrogens with zero attached hydrogens (tertiary/aromatic N) is 2. The van der Waals surface area contributed by atoms with E-state index in [-0.39, 0.29) is 17.3 Å². The van der Waals surface area contributed by atoms with E-state index < -0.39 is 17.5 Å². The van der Waals surface area contributed by atoms with E-state index in [0.717, 1.165) is 12.5 Å². The van der Waals surface area contributed by atoms with Gasteiger partial charge in [-0.05, 0) is 26.6 Å². The van der Waals surface area contributed by atoms with Gasteiger partial charge in [0.15, 0.2) is 0 Å². The number of amides is 1. The van der Waals surface area contributed by atoms with Gasteiger partial charge in [-0.2, -0.15) is 0 Å². The van der Waals surface area contributed by atoms with Crippen LogP contribution in [0.2, 0.25) is 0 Å². The average molecular weight is 269 g/mol. The number of anilines is 1. The van der Waals surface area contributed by atoms with Crippen LogP contribution in [0.1, 0.15) is 16.8 Å². The first-order valence-electron chi connectivity index (χ1n) is 6.10. The Labute approximate surface area is 110 Å². The minimum absolute atomic E-state index is 0.168. The highest BCUT2D eigenvalue weighted by atomic mass is 19.1. The smallest absolute Gasteiger partial charge is 0.256 e. The van der Waals surface area contributed by atoms with E-state index in [1.165, 1.54) is 0 Å². The average Bonchev–Trinajstić information content (AvgIpc) is 2.82. The number of carbonyl (C=O) groups is 1. The first-order chi connectivity index (χ1) is 8.90. The molecule has 2 rings (SSSR count). The Balaban J connectivity index is 2.19. The molecule has 0 aromatic heterocycles. The molecule has 1 aromatic carbocycles. The molecule has 104 valence electrons. The predicted molar refractivity (Wildman–Crippen MR) is 68.8 cm³/mol. The highest BCUT2D eigenvalue weighted by molar-refractivity contribution is 5.95. The summed E-state index contributed by atoms with van der Waals surface area (Å²) in [7, 11) is 3.88. The van der Waals surface area contributed by atoms with Gasteiger partial charge in [0.25, 0.3) is 5.91 Å². The Morgan fingerprint density at radius 1 is 1.37 bits per heavy atom. The number of hydrogen-bond acceptors (Lipinski definition) is 3. The summed E-state index contributed by atoms with van der Waals surface area (Å²) >= 11 is 0. The molecule has 1 fully saturated rings. The minimum atomic E-state index is -0.870. The fourth-order valence-corrected chi connectivity index (χ4v) is 2.25. The first-order valence-corrected chi connectivity index (χ1v) is 6.10. The zero-order chi connectivity index (χ0) is 14.2. The Kier molecular flexibility index (Phi) is 3.71. The molecule has 0 saturated carbocycles. The van der Waals surface area contributed by atoms with E-state index in [0.29, 0.717) is 19.2 Å². The van der Waals surface area contributed by atoms with Crippen LogP contribution in [0, 0.1) is 11.6 Å². The van der Waals surface area contributed by atoms with Gasteiger partial charge in [0.1, 0.15) is 11.6 Å². The number of halogens is 2. The zero-order valence-corrected chi connectivity index (χ0v) is 11.0. The van der Waals surface area contributed by atoms with Gasteiger partial charge in [0.2, 0.25) is 0 Å². The van der Waals surface area contributed by atoms with Crippen LogP contribution < -0.4 is 5.73 Å². The number of hydrogen-bond donors (Lipinski definition) is 1. The molecule has 1 heterocycles. The summed E-state index contributed by atoms with van der Waals surface area (Å²) in [6.45, 7) is 1.11. The van der Waals surface area contributed by atoms with Crippen molar-refractivity contribution in [3.05, 3.63) is 29.3 Å². The fraction of sp³-hybridized carbons (Fsp3) is 0.462. The van der Waals surface area contributed by atoms with Crippen molar-refractivity contribution in [2.75, 3.05) is 32.9 Å². The van der Waals surface area contributed by atoms with E-state index in [9.17, 15) is 13.6 Å². The fourth-order valence-electron chi connectivity index (χ4n) is 2.25. The number of carbonyl (C=O) groups excluding carboxylic acids is 1. The van der Waals surface area contributed by atoms with Crippen molar-refractivity contribution in [2.45, 2.75) is 12.5 Å². The number of benzene rings is 1. The highest BCUT2D eigenvalue weighted by Crippen LogP contribution is 2.21. The van der Waals surface area contributed by atoms with Gasteiger partial charge < -0.3 is 15.5 Å². The van der Waals surface area contributed by atoms with Crippen molar-refractivity contribution in [3.8, 4) is 0 Å². The second-order valence-electron chi connectivity index (χ2n) is 5.01. The normalized spacial score (nSPS) is 19.2. The maximum atomic E-state index is 13.6. The summed E-state index contributed by atoms with van der Waals surface area (Å²) in [4.78, 5) is 15.8. The Morgan fingerprint density at radius 2 is 2.05 bits per heavy atom.